The normalized spacial score (nSPS) is 16.0. The van der Waals surface area contributed by atoms with Gasteiger partial charge in [0.15, 0.2) is 0 Å². The lowest BCUT2D eigenvalue weighted by atomic mass is 9.75. The van der Waals surface area contributed by atoms with E-state index in [0.29, 0.717) is 23.0 Å². The van der Waals surface area contributed by atoms with Crippen LogP contribution in [0.1, 0.15) is 153 Å². The van der Waals surface area contributed by atoms with E-state index in [9.17, 15) is 33.1 Å². The van der Waals surface area contributed by atoms with Crippen LogP contribution in [0.25, 0.3) is 89.6 Å². The SMILES string of the molecule is C.Cn1c(-c2ccc(F)cn2)c(C2CCCC2)c2ccc(C(=O)O)cc21.Cn1c(C2(N)CCC2)nc2ccc(-c3n[nH]c(=O)o3)cc21.Cn1c(C2(NC(=O)c3ccc4c(C5CCCC5)c(-c5ccc(F)cn5)n(C)c4c3)CCC2)nc2ccc(-c3n[nH]c(=O)o3)cc21. The van der Waals surface area contributed by atoms with Crippen LogP contribution in [-0.4, -0.2) is 75.6 Å². The molecule has 0 saturated heterocycles. The minimum atomic E-state index is -0.938. The van der Waals surface area contributed by atoms with Crippen LogP contribution in [0.5, 0.6) is 0 Å². The molecule has 1 amide bonds. The smallest absolute Gasteiger partial charge is 0.434 e. The molecule has 0 spiro atoms. The van der Waals surface area contributed by atoms with Crippen molar-refractivity contribution in [2.75, 3.05) is 0 Å². The summed E-state index contributed by atoms with van der Waals surface area (Å²) in [5.41, 5.74) is 18.8. The number of H-pyrrole nitrogens is 2. The fraction of sp³-hybridized carbons (Fsp3) is 0.333. The predicted molar refractivity (Wildman–Crippen MR) is 345 cm³/mol. The number of fused-ring (bicyclic) bond motifs is 4. The number of carbonyl (C=O) groups excluding carboxylic acids is 1. The van der Waals surface area contributed by atoms with Gasteiger partial charge in [0.25, 0.3) is 5.91 Å². The standard InChI is InChI=1S/C34H32FN7O3.C20H19FN2O2.C14H15N5O2.CH4/c1-41-26-16-20(8-11-23(26)28(19-6-3-4-7-19)29(41)25-13-10-22(35)18-36-25)30(43)38-34(14-5-15-34)32-37-24-12-9-21(17-27(24)42(32)2)31-39-40-33(44)45-31;1-23-17-10-13(20(24)25)6-8-15(17)18(12-4-2-3-5-12)19(23)16-9-7-14(21)11-22-16;1-19-10-7-8(11-17-18-13(20)21-11)3-4-9(10)16-12(19)14(15)5-2-6-14;/h8-13,16-19H,3-7,14-15H2,1-2H3,(H,38,43)(H,40,44);6-12H,2-5H2,1H3,(H,24,25);3-4,7H,2,5-6,15H2,1H3,(H,18,20);1H4. The van der Waals surface area contributed by atoms with Crippen molar-refractivity contribution in [3.8, 4) is 45.7 Å². The zero-order valence-corrected chi connectivity index (χ0v) is 50.6. The molecule has 8 aromatic heterocycles. The average Bonchev–Trinajstić information content (AvgIpc) is 1.59. The quantitative estimate of drug-likeness (QED) is 0.0805. The molecule has 0 unspecified atom stereocenters. The van der Waals surface area contributed by atoms with Crippen molar-refractivity contribution in [1.82, 2.24) is 63.9 Å². The first-order valence-electron chi connectivity index (χ1n) is 30.8. The number of aromatic carboxylic acids is 1. The highest BCUT2D eigenvalue weighted by molar-refractivity contribution is 6.01. The summed E-state index contributed by atoms with van der Waals surface area (Å²) >= 11 is 0. The van der Waals surface area contributed by atoms with E-state index < -0.39 is 23.0 Å². The molecule has 4 aliphatic rings. The first kappa shape index (κ1) is 60.7. The van der Waals surface area contributed by atoms with Crippen molar-refractivity contribution in [2.24, 2.45) is 33.9 Å². The maximum Gasteiger partial charge on any atom is 0.434 e. The summed E-state index contributed by atoms with van der Waals surface area (Å²) in [6, 6.07) is 28.7. The Labute approximate surface area is 525 Å². The largest absolute Gasteiger partial charge is 0.478 e. The van der Waals surface area contributed by atoms with Crippen LogP contribution < -0.4 is 22.6 Å². The van der Waals surface area contributed by atoms with E-state index in [4.69, 9.17) is 19.6 Å². The summed E-state index contributed by atoms with van der Waals surface area (Å²) in [5, 5.41) is 27.2. The maximum absolute atomic E-state index is 13.9. The molecule has 6 N–H and O–H groups in total. The molecular formula is C69H70F2N14O7. The second-order valence-electron chi connectivity index (χ2n) is 24.7. The van der Waals surface area contributed by atoms with Crippen LogP contribution in [-0.2, 0) is 39.3 Å². The van der Waals surface area contributed by atoms with E-state index in [1.54, 1.807) is 24.3 Å². The van der Waals surface area contributed by atoms with Gasteiger partial charge in [0.1, 0.15) is 23.3 Å². The number of hydrogen-bond donors (Lipinski definition) is 5. The maximum atomic E-state index is 13.9. The van der Waals surface area contributed by atoms with Gasteiger partial charge in [-0.3, -0.25) is 14.8 Å². The number of aromatic amines is 2. The molecule has 92 heavy (non-hydrogen) atoms. The first-order chi connectivity index (χ1) is 43.9. The number of aromatic nitrogens is 12. The molecule has 4 fully saturated rings. The van der Waals surface area contributed by atoms with Gasteiger partial charge in [-0.05, 0) is 172 Å². The molecule has 23 heteroatoms. The number of carbonyl (C=O) groups is 2. The van der Waals surface area contributed by atoms with E-state index in [2.05, 4.69) is 51.3 Å². The van der Waals surface area contributed by atoms with Gasteiger partial charge in [-0.2, -0.15) is 0 Å². The fourth-order valence-electron chi connectivity index (χ4n) is 14.3. The number of halogens is 2. The van der Waals surface area contributed by atoms with Crippen LogP contribution in [0.4, 0.5) is 8.78 Å². The molecule has 472 valence electrons. The predicted octanol–water partition coefficient (Wildman–Crippen LogP) is 12.7. The van der Waals surface area contributed by atoms with E-state index in [1.807, 2.05) is 96.5 Å². The molecule has 0 bridgehead atoms. The highest BCUT2D eigenvalue weighted by atomic mass is 19.1. The Morgan fingerprint density at radius 1 is 0.576 bits per heavy atom. The van der Waals surface area contributed by atoms with E-state index in [-0.39, 0.29) is 47.9 Å². The average molecular weight is 1250 g/mol. The van der Waals surface area contributed by atoms with Gasteiger partial charge < -0.3 is 43.3 Å². The Morgan fingerprint density at radius 2 is 1.03 bits per heavy atom. The van der Waals surface area contributed by atoms with E-state index in [0.717, 1.165) is 148 Å². The lowest BCUT2D eigenvalue weighted by Crippen LogP contribution is -2.52. The summed E-state index contributed by atoms with van der Waals surface area (Å²) in [6.45, 7) is 0. The molecule has 0 atom stereocenters. The van der Waals surface area contributed by atoms with Gasteiger partial charge in [0, 0.05) is 66.7 Å². The summed E-state index contributed by atoms with van der Waals surface area (Å²) in [7, 11) is 7.82. The highest BCUT2D eigenvalue weighted by Gasteiger charge is 2.44. The van der Waals surface area contributed by atoms with Crippen LogP contribution in [0, 0.1) is 11.6 Å². The third kappa shape index (κ3) is 10.8. The Morgan fingerprint density at radius 3 is 1.45 bits per heavy atom. The summed E-state index contributed by atoms with van der Waals surface area (Å²) < 4.78 is 45.3. The summed E-state index contributed by atoms with van der Waals surface area (Å²) in [5.74, 6) is 0.00283. The number of carboxylic acid groups (broad SMARTS) is 1. The topological polar surface area (TPSA) is 281 Å². The number of pyridine rings is 2. The minimum Gasteiger partial charge on any atom is -0.478 e. The Hall–Kier alpha value is -10.2. The second-order valence-corrected chi connectivity index (χ2v) is 24.7. The number of benzene rings is 4. The number of hydrogen-bond acceptors (Lipinski definition) is 13. The first-order valence-corrected chi connectivity index (χ1v) is 30.8. The Kier molecular flexibility index (Phi) is 15.8. The van der Waals surface area contributed by atoms with Crippen molar-refractivity contribution in [1.29, 1.82) is 0 Å². The van der Waals surface area contributed by atoms with Crippen molar-refractivity contribution in [3.63, 3.8) is 0 Å². The lowest BCUT2D eigenvalue weighted by Gasteiger charge is -2.41. The molecule has 4 saturated carbocycles. The molecule has 21 nitrogen and oxygen atoms in total. The molecule has 4 aromatic carbocycles. The summed E-state index contributed by atoms with van der Waals surface area (Å²) in [4.78, 5) is 66.2. The van der Waals surface area contributed by atoms with Gasteiger partial charge >= 0.3 is 17.5 Å². The third-order valence-electron chi connectivity index (χ3n) is 19.3. The molecule has 16 rings (SSSR count). The number of carboxylic acids is 1. The second kappa shape index (κ2) is 23.9. The monoisotopic (exact) mass is 1240 g/mol. The fourth-order valence-corrected chi connectivity index (χ4v) is 14.3. The van der Waals surface area contributed by atoms with Crippen LogP contribution in [0.3, 0.4) is 0 Å². The van der Waals surface area contributed by atoms with Crippen molar-refractivity contribution in [2.45, 2.75) is 120 Å². The Balaban J connectivity index is 0.000000138. The van der Waals surface area contributed by atoms with E-state index in [1.165, 1.54) is 61.3 Å². The van der Waals surface area contributed by atoms with Crippen molar-refractivity contribution < 1.29 is 32.3 Å². The van der Waals surface area contributed by atoms with Gasteiger partial charge in [-0.15, -0.1) is 10.2 Å². The number of nitrogens with zero attached hydrogens (tertiary/aromatic N) is 10. The number of amides is 1. The van der Waals surface area contributed by atoms with Gasteiger partial charge in [-0.25, -0.2) is 43.3 Å². The molecule has 4 aliphatic carbocycles. The zero-order chi connectivity index (χ0) is 63.0. The molecule has 8 heterocycles. The molecular weight excluding hydrogens is 1170 g/mol. The molecule has 12 aromatic rings. The molecule has 0 radical (unpaired) electrons. The number of nitrogens with one attached hydrogen (secondary N) is 3. The molecule has 0 aliphatic heterocycles. The number of rotatable bonds is 11. The van der Waals surface area contributed by atoms with Gasteiger partial charge in [-0.1, -0.05) is 45.2 Å². The number of aryl methyl sites for hydroxylation is 4. The summed E-state index contributed by atoms with van der Waals surface area (Å²) in [6.07, 6.45) is 17.3. The van der Waals surface area contributed by atoms with Crippen molar-refractivity contribution >= 4 is 55.7 Å². The third-order valence-corrected chi connectivity index (χ3v) is 19.3. The van der Waals surface area contributed by atoms with Gasteiger partial charge in [0.2, 0.25) is 11.8 Å². The highest BCUT2D eigenvalue weighted by Crippen LogP contribution is 2.47. The van der Waals surface area contributed by atoms with Crippen molar-refractivity contribution in [3.05, 3.63) is 176 Å². The van der Waals surface area contributed by atoms with E-state index >= 15 is 0 Å². The van der Waals surface area contributed by atoms with Gasteiger partial charge in [0.05, 0.1) is 73.9 Å². The lowest BCUT2D eigenvalue weighted by molar-refractivity contribution is 0.0696. The van der Waals surface area contributed by atoms with Crippen LogP contribution in [0.15, 0.2) is 128 Å². The number of imidazole rings is 2. The Bertz CT molecular complexity index is 4930. The number of nitrogens with two attached hydrogens (primary N) is 1. The van der Waals surface area contributed by atoms with Crippen LogP contribution >= 0.6 is 0 Å². The zero-order valence-electron chi connectivity index (χ0n) is 50.6. The van der Waals surface area contributed by atoms with Crippen LogP contribution in [0.2, 0.25) is 0 Å². The minimum absolute atomic E-state index is 0.